The Morgan fingerprint density at radius 3 is 2.09 bits per heavy atom. The maximum Gasteiger partial charge on any atom is 0.573 e. The summed E-state index contributed by atoms with van der Waals surface area (Å²) in [5.74, 6) is -1.40. The van der Waals surface area contributed by atoms with Crippen molar-refractivity contribution in [1.29, 1.82) is 0 Å². The molecule has 0 heterocycles. The number of ether oxygens (including phenoxy) is 1. The fourth-order valence-electron chi connectivity index (χ4n) is 2.38. The van der Waals surface area contributed by atoms with Crippen molar-refractivity contribution >= 4 is 21.8 Å². The molecule has 0 radical (unpaired) electrons. The molecule has 0 aliphatic carbocycles. The number of benzene rings is 2. The number of alkyl halides is 3. The smallest absolute Gasteiger partial charge is 0.508 e. The zero-order valence-electron chi connectivity index (χ0n) is 16.5. The predicted molar refractivity (Wildman–Crippen MR) is 106 cm³/mol. The van der Waals surface area contributed by atoms with Gasteiger partial charge in [-0.15, -0.1) is 13.2 Å². The SMILES string of the molecule is O=C(CCNS(=O)(=O)c1ccc(OC(F)(F)F)cc1)NCCNC(=O)c1ccc(O)cc1. The fraction of sp³-hybridized carbons (Fsp3) is 0.263. The number of hydrogen-bond acceptors (Lipinski definition) is 6. The Kier molecular flexibility index (Phi) is 8.43. The third kappa shape index (κ3) is 8.43. The molecule has 174 valence electrons. The Balaban J connectivity index is 1.69. The van der Waals surface area contributed by atoms with Crippen LogP contribution in [0.25, 0.3) is 0 Å². The lowest BCUT2D eigenvalue weighted by atomic mass is 10.2. The van der Waals surface area contributed by atoms with Crippen LogP contribution in [0.15, 0.2) is 53.4 Å². The average Bonchev–Trinajstić information content (AvgIpc) is 2.70. The number of rotatable bonds is 10. The molecule has 9 nitrogen and oxygen atoms in total. The van der Waals surface area contributed by atoms with Crippen molar-refractivity contribution in [1.82, 2.24) is 15.4 Å². The van der Waals surface area contributed by atoms with Crippen molar-refractivity contribution in [3.8, 4) is 11.5 Å². The Morgan fingerprint density at radius 2 is 1.50 bits per heavy atom. The third-order valence-electron chi connectivity index (χ3n) is 3.87. The van der Waals surface area contributed by atoms with Gasteiger partial charge in [-0.1, -0.05) is 0 Å². The van der Waals surface area contributed by atoms with Gasteiger partial charge in [0.2, 0.25) is 15.9 Å². The normalized spacial score (nSPS) is 11.6. The molecule has 0 aromatic heterocycles. The zero-order chi connectivity index (χ0) is 23.8. The second-order valence-corrected chi connectivity index (χ2v) is 8.09. The summed E-state index contributed by atoms with van der Waals surface area (Å²) in [6.07, 6.45) is -5.08. The first kappa shape index (κ1) is 24.9. The number of carbonyl (C=O) groups is 2. The second kappa shape index (κ2) is 10.8. The van der Waals surface area contributed by atoms with Crippen LogP contribution in [-0.4, -0.2) is 51.3 Å². The van der Waals surface area contributed by atoms with E-state index in [4.69, 9.17) is 0 Å². The standard InChI is InChI=1S/C19H20F3N3O6S/c20-19(21,22)31-15-5-7-16(8-6-15)32(29,30)25-10-9-17(27)23-11-12-24-18(28)13-1-3-14(26)4-2-13/h1-8,25-26H,9-12H2,(H,23,27)(H,24,28). The van der Waals surface area contributed by atoms with Crippen LogP contribution < -0.4 is 20.1 Å². The lowest BCUT2D eigenvalue weighted by molar-refractivity contribution is -0.274. The number of phenols is 1. The quantitative estimate of drug-likeness (QED) is 0.385. The van der Waals surface area contributed by atoms with Crippen LogP contribution >= 0.6 is 0 Å². The number of carbonyl (C=O) groups excluding carboxylic acids is 2. The average molecular weight is 475 g/mol. The maximum atomic E-state index is 12.1. The first-order valence-electron chi connectivity index (χ1n) is 9.16. The first-order valence-corrected chi connectivity index (χ1v) is 10.6. The highest BCUT2D eigenvalue weighted by Crippen LogP contribution is 2.23. The molecular weight excluding hydrogens is 455 g/mol. The molecule has 2 aromatic rings. The number of phenolic OH excluding ortho intramolecular Hbond substituents is 1. The van der Waals surface area contributed by atoms with E-state index in [1.807, 2.05) is 0 Å². The van der Waals surface area contributed by atoms with Crippen LogP contribution in [-0.2, 0) is 14.8 Å². The van der Waals surface area contributed by atoms with Gasteiger partial charge >= 0.3 is 6.36 Å². The molecule has 2 aromatic carbocycles. The van der Waals surface area contributed by atoms with Gasteiger partial charge in [-0.3, -0.25) is 9.59 Å². The summed E-state index contributed by atoms with van der Waals surface area (Å²) in [6, 6.07) is 9.21. The van der Waals surface area contributed by atoms with Crippen molar-refractivity contribution in [2.75, 3.05) is 19.6 Å². The summed E-state index contributed by atoms with van der Waals surface area (Å²) in [7, 11) is -4.03. The molecule has 0 unspecified atom stereocenters. The molecular formula is C19H20F3N3O6S. The van der Waals surface area contributed by atoms with Crippen molar-refractivity contribution < 1.29 is 41.0 Å². The summed E-state index contributed by atoms with van der Waals surface area (Å²) >= 11 is 0. The molecule has 0 fully saturated rings. The summed E-state index contributed by atoms with van der Waals surface area (Å²) in [5.41, 5.74) is 0.335. The van der Waals surface area contributed by atoms with Gasteiger partial charge in [-0.25, -0.2) is 13.1 Å². The van der Waals surface area contributed by atoms with E-state index in [1.54, 1.807) is 0 Å². The second-order valence-electron chi connectivity index (χ2n) is 6.32. The fourth-order valence-corrected chi connectivity index (χ4v) is 3.42. The van der Waals surface area contributed by atoms with E-state index < -0.39 is 33.9 Å². The summed E-state index contributed by atoms with van der Waals surface area (Å²) in [5, 5.41) is 14.3. The number of amides is 2. The highest BCUT2D eigenvalue weighted by atomic mass is 32.2. The van der Waals surface area contributed by atoms with E-state index in [2.05, 4.69) is 20.1 Å². The molecule has 2 amide bonds. The minimum atomic E-state index is -4.89. The Morgan fingerprint density at radius 1 is 0.906 bits per heavy atom. The summed E-state index contributed by atoms with van der Waals surface area (Å²) in [4.78, 5) is 23.4. The predicted octanol–water partition coefficient (Wildman–Crippen LogP) is 1.51. The van der Waals surface area contributed by atoms with Gasteiger partial charge in [-0.05, 0) is 48.5 Å². The number of sulfonamides is 1. The van der Waals surface area contributed by atoms with E-state index in [0.717, 1.165) is 24.3 Å². The van der Waals surface area contributed by atoms with Gasteiger partial charge in [-0.2, -0.15) is 0 Å². The van der Waals surface area contributed by atoms with Crippen LogP contribution in [0, 0.1) is 0 Å². The van der Waals surface area contributed by atoms with Crippen molar-refractivity contribution in [3.63, 3.8) is 0 Å². The van der Waals surface area contributed by atoms with Gasteiger partial charge in [0.1, 0.15) is 11.5 Å². The summed E-state index contributed by atoms with van der Waals surface area (Å²) < 4.78 is 66.5. The molecule has 32 heavy (non-hydrogen) atoms. The molecule has 0 bridgehead atoms. The minimum absolute atomic E-state index is 0.0249. The topological polar surface area (TPSA) is 134 Å². The molecule has 4 N–H and O–H groups in total. The third-order valence-corrected chi connectivity index (χ3v) is 5.35. The molecule has 0 aliphatic heterocycles. The van der Waals surface area contributed by atoms with Crippen molar-refractivity contribution in [2.24, 2.45) is 0 Å². The van der Waals surface area contributed by atoms with Crippen molar-refractivity contribution in [2.45, 2.75) is 17.7 Å². The van der Waals surface area contributed by atoms with E-state index in [0.29, 0.717) is 5.56 Å². The lowest BCUT2D eigenvalue weighted by Crippen LogP contribution is -2.36. The number of halogens is 3. The van der Waals surface area contributed by atoms with Crippen LogP contribution in [0.5, 0.6) is 11.5 Å². The molecule has 13 heteroatoms. The van der Waals surface area contributed by atoms with Crippen LogP contribution in [0.2, 0.25) is 0 Å². The highest BCUT2D eigenvalue weighted by molar-refractivity contribution is 7.89. The van der Waals surface area contributed by atoms with E-state index >= 15 is 0 Å². The molecule has 0 saturated carbocycles. The van der Waals surface area contributed by atoms with Gasteiger partial charge in [0.25, 0.3) is 5.91 Å². The highest BCUT2D eigenvalue weighted by Gasteiger charge is 2.31. The monoisotopic (exact) mass is 475 g/mol. The molecule has 0 spiro atoms. The number of nitrogens with one attached hydrogen (secondary N) is 3. The number of aromatic hydroxyl groups is 1. The van der Waals surface area contributed by atoms with Gasteiger partial charge in [0, 0.05) is 31.6 Å². The lowest BCUT2D eigenvalue weighted by Gasteiger charge is -2.10. The largest absolute Gasteiger partial charge is 0.573 e. The Hall–Kier alpha value is -3.32. The maximum absolute atomic E-state index is 12.1. The van der Waals surface area contributed by atoms with Crippen LogP contribution in [0.4, 0.5) is 13.2 Å². The van der Waals surface area contributed by atoms with Crippen molar-refractivity contribution in [3.05, 3.63) is 54.1 Å². The zero-order valence-corrected chi connectivity index (χ0v) is 17.3. The summed E-state index contributed by atoms with van der Waals surface area (Å²) in [6.45, 7) is -0.00552. The van der Waals surface area contributed by atoms with Crippen LogP contribution in [0.1, 0.15) is 16.8 Å². The van der Waals surface area contributed by atoms with Crippen LogP contribution in [0.3, 0.4) is 0 Å². The first-order chi connectivity index (χ1) is 15.0. The van der Waals surface area contributed by atoms with Gasteiger partial charge in [0.15, 0.2) is 0 Å². The van der Waals surface area contributed by atoms with E-state index in [9.17, 15) is 36.3 Å². The van der Waals surface area contributed by atoms with Gasteiger partial charge in [0.05, 0.1) is 4.90 Å². The Labute approximate surface area is 181 Å². The Bertz CT molecular complexity index is 1030. The molecule has 0 saturated heterocycles. The van der Waals surface area contributed by atoms with Gasteiger partial charge < -0.3 is 20.5 Å². The van der Waals surface area contributed by atoms with E-state index in [-0.39, 0.29) is 36.7 Å². The molecule has 2 rings (SSSR count). The molecule has 0 atom stereocenters. The van der Waals surface area contributed by atoms with E-state index in [1.165, 1.54) is 24.3 Å². The molecule has 0 aliphatic rings. The minimum Gasteiger partial charge on any atom is -0.508 e. The number of hydrogen-bond donors (Lipinski definition) is 4.